The summed E-state index contributed by atoms with van der Waals surface area (Å²) in [6, 6.07) is 7.62. The fourth-order valence-electron chi connectivity index (χ4n) is 2.41. The zero-order valence-electron chi connectivity index (χ0n) is 14.2. The topological polar surface area (TPSA) is 56.3 Å². The van der Waals surface area contributed by atoms with Crippen molar-refractivity contribution in [3.63, 3.8) is 0 Å². The van der Waals surface area contributed by atoms with E-state index >= 15 is 0 Å². The van der Waals surface area contributed by atoms with Crippen LogP contribution in [-0.2, 0) is 4.74 Å². The van der Waals surface area contributed by atoms with Crippen molar-refractivity contribution in [3.05, 3.63) is 62.3 Å². The Hall–Kier alpha value is -2.31. The van der Waals surface area contributed by atoms with E-state index in [4.69, 9.17) is 4.74 Å². The first-order valence-electron chi connectivity index (χ1n) is 7.73. The third kappa shape index (κ3) is 3.86. The molecule has 25 heavy (non-hydrogen) atoms. The number of Topliss-reactive ketones (excluding diaryl/α,β-unsaturated/α-hetero) is 1. The molecule has 0 fully saturated rings. The number of thiophene rings is 1. The first-order valence-corrected chi connectivity index (χ1v) is 9.49. The number of rotatable bonds is 5. The fourth-order valence-corrected chi connectivity index (χ4v) is 4.08. The zero-order valence-corrected chi connectivity index (χ0v) is 15.8. The SMILES string of the molecule is Cc1ccc(C)c(C(=O)COC(=O)c2sc(-c3ccsc3)nc2C)c1. The Morgan fingerprint density at radius 2 is 1.96 bits per heavy atom. The number of hydrogen-bond acceptors (Lipinski definition) is 6. The number of benzene rings is 1. The molecule has 0 atom stereocenters. The van der Waals surface area contributed by atoms with Crippen molar-refractivity contribution in [2.45, 2.75) is 20.8 Å². The van der Waals surface area contributed by atoms with Crippen LogP contribution in [0, 0.1) is 20.8 Å². The third-order valence-electron chi connectivity index (χ3n) is 3.78. The second kappa shape index (κ2) is 7.29. The molecule has 2 heterocycles. The van der Waals surface area contributed by atoms with Gasteiger partial charge in [0.15, 0.2) is 6.61 Å². The molecule has 4 nitrogen and oxygen atoms in total. The predicted octanol–water partition coefficient (Wildman–Crippen LogP) is 4.84. The van der Waals surface area contributed by atoms with Gasteiger partial charge in [-0.1, -0.05) is 17.7 Å². The van der Waals surface area contributed by atoms with Gasteiger partial charge in [-0.15, -0.1) is 11.3 Å². The molecule has 0 aliphatic heterocycles. The van der Waals surface area contributed by atoms with Gasteiger partial charge in [0.2, 0.25) is 5.78 Å². The summed E-state index contributed by atoms with van der Waals surface area (Å²) in [5.74, 6) is -0.704. The van der Waals surface area contributed by atoms with Crippen LogP contribution in [-0.4, -0.2) is 23.3 Å². The molecule has 3 aromatic rings. The molecule has 1 aromatic carbocycles. The Kier molecular flexibility index (Phi) is 5.11. The molecule has 0 aliphatic carbocycles. The molecule has 0 spiro atoms. The second-order valence-corrected chi connectivity index (χ2v) is 7.54. The van der Waals surface area contributed by atoms with Crippen LogP contribution in [0.1, 0.15) is 36.9 Å². The lowest BCUT2D eigenvalue weighted by Gasteiger charge is -2.07. The van der Waals surface area contributed by atoms with Crippen LogP contribution in [0.3, 0.4) is 0 Å². The molecule has 6 heteroatoms. The van der Waals surface area contributed by atoms with Crippen LogP contribution < -0.4 is 0 Å². The maximum absolute atomic E-state index is 12.3. The molecule has 0 amide bonds. The molecule has 0 N–H and O–H groups in total. The molecule has 128 valence electrons. The molecule has 0 saturated heterocycles. The third-order valence-corrected chi connectivity index (χ3v) is 5.65. The maximum Gasteiger partial charge on any atom is 0.350 e. The van der Waals surface area contributed by atoms with Crippen molar-refractivity contribution < 1.29 is 14.3 Å². The summed E-state index contributed by atoms with van der Waals surface area (Å²) in [7, 11) is 0. The smallest absolute Gasteiger partial charge is 0.350 e. The minimum Gasteiger partial charge on any atom is -0.453 e. The number of ketones is 1. The number of thiazole rings is 1. The Morgan fingerprint density at radius 3 is 2.68 bits per heavy atom. The highest BCUT2D eigenvalue weighted by Gasteiger charge is 2.19. The molecular formula is C19H17NO3S2. The van der Waals surface area contributed by atoms with Crippen molar-refractivity contribution in [2.24, 2.45) is 0 Å². The monoisotopic (exact) mass is 371 g/mol. The second-order valence-electron chi connectivity index (χ2n) is 5.76. The Balaban J connectivity index is 1.71. The van der Waals surface area contributed by atoms with E-state index in [0.717, 1.165) is 21.7 Å². The number of hydrogen-bond donors (Lipinski definition) is 0. The van der Waals surface area contributed by atoms with Crippen LogP contribution in [0.4, 0.5) is 0 Å². The molecule has 0 saturated carbocycles. The highest BCUT2D eigenvalue weighted by Crippen LogP contribution is 2.29. The number of ether oxygens (including phenoxy) is 1. The number of nitrogens with zero attached hydrogens (tertiary/aromatic N) is 1. The van der Waals surface area contributed by atoms with Crippen molar-refractivity contribution >= 4 is 34.4 Å². The zero-order chi connectivity index (χ0) is 18.0. The highest BCUT2D eigenvalue weighted by molar-refractivity contribution is 7.17. The van der Waals surface area contributed by atoms with E-state index in [9.17, 15) is 9.59 Å². The first kappa shape index (κ1) is 17.5. The molecule has 3 rings (SSSR count). The summed E-state index contributed by atoms with van der Waals surface area (Å²) in [6.07, 6.45) is 0. The average molecular weight is 371 g/mol. The lowest BCUT2D eigenvalue weighted by molar-refractivity contribution is 0.0478. The van der Waals surface area contributed by atoms with Crippen molar-refractivity contribution in [1.82, 2.24) is 4.98 Å². The molecule has 0 bridgehead atoms. The number of aryl methyl sites for hydroxylation is 3. The van der Waals surface area contributed by atoms with Crippen LogP contribution in [0.25, 0.3) is 10.6 Å². The predicted molar refractivity (Wildman–Crippen MR) is 101 cm³/mol. The van der Waals surface area contributed by atoms with E-state index in [2.05, 4.69) is 4.98 Å². The standard InChI is InChI=1S/C19H17NO3S2/c1-11-4-5-12(2)15(8-11)16(21)9-23-19(22)17-13(3)20-18(25-17)14-6-7-24-10-14/h4-8,10H,9H2,1-3H3. The van der Waals surface area contributed by atoms with Gasteiger partial charge in [0, 0.05) is 16.5 Å². The van der Waals surface area contributed by atoms with Gasteiger partial charge < -0.3 is 4.74 Å². The van der Waals surface area contributed by atoms with Crippen molar-refractivity contribution in [1.29, 1.82) is 0 Å². The Labute approximate surface area is 154 Å². The first-order chi connectivity index (χ1) is 12.0. The Morgan fingerprint density at radius 1 is 1.16 bits per heavy atom. The Bertz CT molecular complexity index is 926. The van der Waals surface area contributed by atoms with E-state index < -0.39 is 5.97 Å². The molecule has 0 unspecified atom stereocenters. The minimum atomic E-state index is -0.505. The summed E-state index contributed by atoms with van der Waals surface area (Å²) in [6.45, 7) is 5.30. The van der Waals surface area contributed by atoms with Crippen molar-refractivity contribution in [2.75, 3.05) is 6.61 Å². The fraction of sp³-hybridized carbons (Fsp3) is 0.211. The van der Waals surface area contributed by atoms with E-state index in [1.165, 1.54) is 11.3 Å². The van der Waals surface area contributed by atoms with Gasteiger partial charge in [0.25, 0.3) is 0 Å². The average Bonchev–Trinajstić information content (AvgIpc) is 3.24. The number of aromatic nitrogens is 1. The maximum atomic E-state index is 12.3. The van der Waals surface area contributed by atoms with E-state index in [1.54, 1.807) is 18.3 Å². The summed E-state index contributed by atoms with van der Waals surface area (Å²) in [4.78, 5) is 29.5. The number of esters is 1. The van der Waals surface area contributed by atoms with E-state index in [-0.39, 0.29) is 12.4 Å². The van der Waals surface area contributed by atoms with Gasteiger partial charge in [-0.2, -0.15) is 11.3 Å². The van der Waals surface area contributed by atoms with Gasteiger partial charge in [0.05, 0.1) is 5.69 Å². The molecular weight excluding hydrogens is 354 g/mol. The molecule has 0 aliphatic rings. The quantitative estimate of drug-likeness (QED) is 0.476. The van der Waals surface area contributed by atoms with E-state index in [0.29, 0.717) is 16.1 Å². The van der Waals surface area contributed by atoms with Crippen LogP contribution in [0.15, 0.2) is 35.0 Å². The van der Waals surface area contributed by atoms with Crippen LogP contribution in [0.2, 0.25) is 0 Å². The molecule has 0 radical (unpaired) electrons. The lowest BCUT2D eigenvalue weighted by Crippen LogP contribution is -2.15. The summed E-state index contributed by atoms with van der Waals surface area (Å²) >= 11 is 2.87. The van der Waals surface area contributed by atoms with Gasteiger partial charge in [-0.25, -0.2) is 9.78 Å². The minimum absolute atomic E-state index is 0.199. The summed E-state index contributed by atoms with van der Waals surface area (Å²) in [5, 5.41) is 4.73. The van der Waals surface area contributed by atoms with Crippen molar-refractivity contribution in [3.8, 4) is 10.6 Å². The lowest BCUT2D eigenvalue weighted by atomic mass is 10.0. The summed E-state index contributed by atoms with van der Waals surface area (Å²) < 4.78 is 5.24. The summed E-state index contributed by atoms with van der Waals surface area (Å²) in [5.41, 5.74) is 4.08. The van der Waals surface area contributed by atoms with E-state index in [1.807, 2.05) is 48.9 Å². The normalized spacial score (nSPS) is 10.7. The van der Waals surface area contributed by atoms with Gasteiger partial charge >= 0.3 is 5.97 Å². The van der Waals surface area contributed by atoms with Gasteiger partial charge in [-0.3, -0.25) is 4.79 Å². The van der Waals surface area contributed by atoms with Crippen LogP contribution >= 0.6 is 22.7 Å². The highest BCUT2D eigenvalue weighted by atomic mass is 32.1. The molecule has 2 aromatic heterocycles. The van der Waals surface area contributed by atoms with Crippen LogP contribution in [0.5, 0.6) is 0 Å². The number of carbonyl (C=O) groups is 2. The van der Waals surface area contributed by atoms with Gasteiger partial charge in [-0.05, 0) is 43.8 Å². The largest absolute Gasteiger partial charge is 0.453 e. The van der Waals surface area contributed by atoms with Gasteiger partial charge in [0.1, 0.15) is 9.88 Å². The number of carbonyl (C=O) groups excluding carboxylic acids is 2.